The van der Waals surface area contributed by atoms with Crippen molar-refractivity contribution in [3.8, 4) is 0 Å². The van der Waals surface area contributed by atoms with Crippen molar-refractivity contribution in [1.82, 2.24) is 0 Å². The van der Waals surface area contributed by atoms with Crippen LogP contribution in [0.3, 0.4) is 0 Å². The van der Waals surface area contributed by atoms with Crippen molar-refractivity contribution in [3.05, 3.63) is 35.9 Å². The maximum absolute atomic E-state index is 9.98. The monoisotopic (exact) mass is 236 g/mol. The molecule has 1 atom stereocenters. The lowest BCUT2D eigenvalue weighted by atomic mass is 9.98. The first-order valence-electron chi connectivity index (χ1n) is 6.33. The SMILES string of the molecule is COC(C)(C)CCCCC(O)c1ccccc1. The molecule has 1 N–H and O–H groups in total. The Morgan fingerprint density at radius 1 is 1.18 bits per heavy atom. The summed E-state index contributed by atoms with van der Waals surface area (Å²) in [7, 11) is 1.75. The lowest BCUT2D eigenvalue weighted by molar-refractivity contribution is 0.0126. The predicted octanol–water partition coefficient (Wildman–Crippen LogP) is 3.71. The zero-order valence-electron chi connectivity index (χ0n) is 11.1. The van der Waals surface area contributed by atoms with E-state index in [-0.39, 0.29) is 11.7 Å². The molecular formula is C15H24O2. The van der Waals surface area contributed by atoms with Crippen molar-refractivity contribution in [1.29, 1.82) is 0 Å². The zero-order chi connectivity index (χ0) is 12.7. The first kappa shape index (κ1) is 14.2. The number of unbranched alkanes of at least 4 members (excludes halogenated alkanes) is 1. The average Bonchev–Trinajstić information content (AvgIpc) is 2.35. The molecule has 1 unspecified atom stereocenters. The van der Waals surface area contributed by atoms with Gasteiger partial charge in [-0.25, -0.2) is 0 Å². The van der Waals surface area contributed by atoms with E-state index in [0.29, 0.717) is 0 Å². The van der Waals surface area contributed by atoms with E-state index in [4.69, 9.17) is 4.74 Å². The maximum Gasteiger partial charge on any atom is 0.0790 e. The van der Waals surface area contributed by atoms with Crippen molar-refractivity contribution in [2.45, 2.75) is 51.2 Å². The van der Waals surface area contributed by atoms with Gasteiger partial charge in [0, 0.05) is 7.11 Å². The third-order valence-corrected chi connectivity index (χ3v) is 3.24. The first-order valence-corrected chi connectivity index (χ1v) is 6.33. The number of aliphatic hydroxyl groups excluding tert-OH is 1. The molecule has 96 valence electrons. The number of hydrogen-bond donors (Lipinski definition) is 1. The van der Waals surface area contributed by atoms with Gasteiger partial charge in [-0.05, 0) is 32.3 Å². The molecule has 2 nitrogen and oxygen atoms in total. The van der Waals surface area contributed by atoms with Crippen molar-refractivity contribution >= 4 is 0 Å². The van der Waals surface area contributed by atoms with Gasteiger partial charge in [-0.1, -0.05) is 43.2 Å². The Hall–Kier alpha value is -0.860. The third-order valence-electron chi connectivity index (χ3n) is 3.24. The van der Waals surface area contributed by atoms with E-state index in [2.05, 4.69) is 13.8 Å². The lowest BCUT2D eigenvalue weighted by Gasteiger charge is -2.22. The fourth-order valence-electron chi connectivity index (χ4n) is 1.83. The van der Waals surface area contributed by atoms with Gasteiger partial charge in [0.25, 0.3) is 0 Å². The molecule has 1 aromatic carbocycles. The van der Waals surface area contributed by atoms with E-state index in [1.54, 1.807) is 7.11 Å². The van der Waals surface area contributed by atoms with E-state index in [0.717, 1.165) is 31.2 Å². The predicted molar refractivity (Wildman–Crippen MR) is 71.0 cm³/mol. The van der Waals surface area contributed by atoms with Crippen LogP contribution in [0.25, 0.3) is 0 Å². The van der Waals surface area contributed by atoms with Crippen LogP contribution in [-0.4, -0.2) is 17.8 Å². The molecule has 0 fully saturated rings. The minimum Gasteiger partial charge on any atom is -0.388 e. The molecule has 0 aliphatic heterocycles. The highest BCUT2D eigenvalue weighted by Gasteiger charge is 2.15. The Morgan fingerprint density at radius 2 is 1.82 bits per heavy atom. The maximum atomic E-state index is 9.98. The Balaban J connectivity index is 2.24. The Labute approximate surface area is 105 Å². The molecular weight excluding hydrogens is 212 g/mol. The lowest BCUT2D eigenvalue weighted by Crippen LogP contribution is -2.21. The second-order valence-electron chi connectivity index (χ2n) is 5.14. The summed E-state index contributed by atoms with van der Waals surface area (Å²) < 4.78 is 5.37. The van der Waals surface area contributed by atoms with Crippen LogP contribution < -0.4 is 0 Å². The van der Waals surface area contributed by atoms with Crippen molar-refractivity contribution in [2.24, 2.45) is 0 Å². The molecule has 0 saturated carbocycles. The molecule has 0 spiro atoms. The van der Waals surface area contributed by atoms with Crippen LogP contribution in [0, 0.1) is 0 Å². The fourth-order valence-corrected chi connectivity index (χ4v) is 1.83. The van der Waals surface area contributed by atoms with E-state index in [1.807, 2.05) is 30.3 Å². The van der Waals surface area contributed by atoms with Crippen LogP contribution in [0.4, 0.5) is 0 Å². The van der Waals surface area contributed by atoms with Crippen LogP contribution >= 0.6 is 0 Å². The molecule has 1 aromatic rings. The minimum atomic E-state index is -0.332. The number of ether oxygens (including phenoxy) is 1. The quantitative estimate of drug-likeness (QED) is 0.731. The summed E-state index contributed by atoms with van der Waals surface area (Å²) >= 11 is 0. The second kappa shape index (κ2) is 6.77. The summed E-state index contributed by atoms with van der Waals surface area (Å²) in [6.45, 7) is 4.20. The number of benzene rings is 1. The molecule has 0 aliphatic rings. The third kappa shape index (κ3) is 5.33. The molecule has 0 aliphatic carbocycles. The van der Waals surface area contributed by atoms with Crippen molar-refractivity contribution in [3.63, 3.8) is 0 Å². The van der Waals surface area contributed by atoms with Crippen LogP contribution in [-0.2, 0) is 4.74 Å². The van der Waals surface area contributed by atoms with E-state index in [9.17, 15) is 5.11 Å². The van der Waals surface area contributed by atoms with Gasteiger partial charge in [0.2, 0.25) is 0 Å². The average molecular weight is 236 g/mol. The summed E-state index contributed by atoms with van der Waals surface area (Å²) in [5, 5.41) is 9.98. The number of rotatable bonds is 7. The zero-order valence-corrected chi connectivity index (χ0v) is 11.1. The summed E-state index contributed by atoms with van der Waals surface area (Å²) in [6.07, 6.45) is 3.64. The second-order valence-corrected chi connectivity index (χ2v) is 5.14. The topological polar surface area (TPSA) is 29.5 Å². The number of aliphatic hydroxyl groups is 1. The van der Waals surface area contributed by atoms with Gasteiger partial charge < -0.3 is 9.84 Å². The standard InChI is InChI=1S/C15H24O2/c1-15(2,17-3)12-8-7-11-14(16)13-9-5-4-6-10-13/h4-6,9-10,14,16H,7-8,11-12H2,1-3H3. The summed E-state index contributed by atoms with van der Waals surface area (Å²) in [5.74, 6) is 0. The molecule has 0 radical (unpaired) electrons. The highest BCUT2D eigenvalue weighted by atomic mass is 16.5. The Kier molecular flexibility index (Phi) is 5.66. The normalized spacial score (nSPS) is 13.6. The molecule has 17 heavy (non-hydrogen) atoms. The first-order chi connectivity index (χ1) is 8.05. The summed E-state index contributed by atoms with van der Waals surface area (Å²) in [6, 6.07) is 9.85. The summed E-state index contributed by atoms with van der Waals surface area (Å²) in [4.78, 5) is 0. The van der Waals surface area contributed by atoms with Crippen LogP contribution in [0.5, 0.6) is 0 Å². The highest BCUT2D eigenvalue weighted by Crippen LogP contribution is 2.22. The van der Waals surface area contributed by atoms with Crippen LogP contribution in [0.2, 0.25) is 0 Å². The highest BCUT2D eigenvalue weighted by molar-refractivity contribution is 5.16. The minimum absolute atomic E-state index is 0.0439. The van der Waals surface area contributed by atoms with Crippen LogP contribution in [0.1, 0.15) is 51.2 Å². The van der Waals surface area contributed by atoms with Crippen molar-refractivity contribution in [2.75, 3.05) is 7.11 Å². The van der Waals surface area contributed by atoms with Gasteiger partial charge >= 0.3 is 0 Å². The molecule has 0 amide bonds. The van der Waals surface area contributed by atoms with E-state index in [1.165, 1.54) is 0 Å². The number of hydrogen-bond acceptors (Lipinski definition) is 2. The van der Waals surface area contributed by atoms with E-state index >= 15 is 0 Å². The van der Waals surface area contributed by atoms with Gasteiger partial charge in [-0.2, -0.15) is 0 Å². The molecule has 0 bridgehead atoms. The van der Waals surface area contributed by atoms with Crippen LogP contribution in [0.15, 0.2) is 30.3 Å². The Morgan fingerprint density at radius 3 is 2.41 bits per heavy atom. The molecule has 1 rings (SSSR count). The van der Waals surface area contributed by atoms with Gasteiger partial charge in [0.1, 0.15) is 0 Å². The van der Waals surface area contributed by atoms with Gasteiger partial charge in [0.05, 0.1) is 11.7 Å². The molecule has 0 aromatic heterocycles. The smallest absolute Gasteiger partial charge is 0.0790 e. The van der Waals surface area contributed by atoms with Crippen molar-refractivity contribution < 1.29 is 9.84 Å². The number of methoxy groups -OCH3 is 1. The molecule has 2 heteroatoms. The van der Waals surface area contributed by atoms with Gasteiger partial charge in [-0.15, -0.1) is 0 Å². The molecule has 0 saturated heterocycles. The summed E-state index contributed by atoms with van der Waals surface area (Å²) in [5.41, 5.74) is 0.969. The van der Waals surface area contributed by atoms with Gasteiger partial charge in [-0.3, -0.25) is 0 Å². The largest absolute Gasteiger partial charge is 0.388 e. The van der Waals surface area contributed by atoms with Gasteiger partial charge in [0.15, 0.2) is 0 Å². The molecule has 0 heterocycles. The fraction of sp³-hybridized carbons (Fsp3) is 0.600. The van der Waals surface area contributed by atoms with E-state index < -0.39 is 0 Å². The Bertz CT molecular complexity index is 306.